The highest BCUT2D eigenvalue weighted by Crippen LogP contribution is 2.26. The molecule has 0 aliphatic carbocycles. The van der Waals surface area contributed by atoms with Crippen molar-refractivity contribution in [2.24, 2.45) is 0 Å². The predicted octanol–water partition coefficient (Wildman–Crippen LogP) is 2.53. The lowest BCUT2D eigenvalue weighted by molar-refractivity contribution is 0.0595. The van der Waals surface area contributed by atoms with E-state index in [4.69, 9.17) is 0 Å². The zero-order chi connectivity index (χ0) is 12.4. The van der Waals surface area contributed by atoms with Gasteiger partial charge in [-0.25, -0.2) is 4.79 Å². The van der Waals surface area contributed by atoms with Gasteiger partial charge in [0.1, 0.15) is 5.69 Å². The van der Waals surface area contributed by atoms with Crippen molar-refractivity contribution in [1.29, 1.82) is 0 Å². The van der Waals surface area contributed by atoms with Crippen LogP contribution in [0.3, 0.4) is 0 Å². The molecule has 17 heavy (non-hydrogen) atoms. The number of fused-ring (bicyclic) bond motifs is 1. The summed E-state index contributed by atoms with van der Waals surface area (Å²) in [5.74, 6) is -0.367. The normalized spacial score (nSPS) is 10.2. The van der Waals surface area contributed by atoms with Gasteiger partial charge in [0.05, 0.1) is 18.3 Å². The number of aromatic amines is 1. The summed E-state index contributed by atoms with van der Waals surface area (Å²) in [6, 6.07) is 7.62. The maximum atomic E-state index is 11.4. The summed E-state index contributed by atoms with van der Waals surface area (Å²) in [5.41, 5.74) is 2.32. The quantitative estimate of drug-likeness (QED) is 0.824. The number of carbonyl (C=O) groups excluding carboxylic acids is 1. The Morgan fingerprint density at radius 1 is 1.53 bits per heavy atom. The van der Waals surface area contributed by atoms with E-state index in [-0.39, 0.29) is 5.97 Å². The van der Waals surface area contributed by atoms with Crippen LogP contribution in [0.15, 0.2) is 37.0 Å². The molecule has 0 unspecified atom stereocenters. The summed E-state index contributed by atoms with van der Waals surface area (Å²) in [7, 11) is 3.27. The Hall–Kier alpha value is -2.23. The van der Waals surface area contributed by atoms with Gasteiger partial charge < -0.3 is 14.6 Å². The zero-order valence-electron chi connectivity index (χ0n) is 9.86. The van der Waals surface area contributed by atoms with Crippen LogP contribution in [0.1, 0.15) is 10.5 Å². The predicted molar refractivity (Wildman–Crippen MR) is 68.2 cm³/mol. The zero-order valence-corrected chi connectivity index (χ0v) is 9.86. The molecule has 2 aromatic rings. The molecule has 88 valence electrons. The van der Waals surface area contributed by atoms with Gasteiger partial charge in [-0.05, 0) is 18.3 Å². The van der Waals surface area contributed by atoms with Gasteiger partial charge in [0.2, 0.25) is 0 Å². The molecule has 2 rings (SSSR count). The molecule has 0 fully saturated rings. The van der Waals surface area contributed by atoms with E-state index in [0.717, 1.165) is 16.6 Å². The fourth-order valence-electron chi connectivity index (χ4n) is 1.75. The number of esters is 1. The van der Waals surface area contributed by atoms with Gasteiger partial charge >= 0.3 is 5.97 Å². The molecule has 0 radical (unpaired) electrons. The van der Waals surface area contributed by atoms with Crippen molar-refractivity contribution in [1.82, 2.24) is 4.98 Å². The Morgan fingerprint density at radius 3 is 2.94 bits per heavy atom. The minimum absolute atomic E-state index is 0.367. The van der Waals surface area contributed by atoms with Gasteiger partial charge in [-0.3, -0.25) is 0 Å². The van der Waals surface area contributed by atoms with Crippen molar-refractivity contribution >= 4 is 22.6 Å². The molecule has 0 saturated carbocycles. The maximum Gasteiger partial charge on any atom is 0.354 e. The molecule has 0 bridgehead atoms. The smallest absolute Gasteiger partial charge is 0.354 e. The number of para-hydroxylation sites is 1. The van der Waals surface area contributed by atoms with Gasteiger partial charge in [-0.1, -0.05) is 18.7 Å². The number of aromatic nitrogens is 1. The van der Waals surface area contributed by atoms with Crippen LogP contribution in [-0.4, -0.2) is 25.1 Å². The van der Waals surface area contributed by atoms with Gasteiger partial charge in [0.25, 0.3) is 0 Å². The van der Waals surface area contributed by atoms with Crippen LogP contribution < -0.4 is 4.90 Å². The number of hydrogen-bond acceptors (Lipinski definition) is 3. The number of carbonyl (C=O) groups is 1. The van der Waals surface area contributed by atoms with Gasteiger partial charge in [-0.2, -0.15) is 0 Å². The third-order valence-corrected chi connectivity index (χ3v) is 2.69. The van der Waals surface area contributed by atoms with Gasteiger partial charge in [-0.15, -0.1) is 0 Å². The Kier molecular flexibility index (Phi) is 2.87. The Labute approximate surface area is 99.5 Å². The average molecular weight is 230 g/mol. The minimum atomic E-state index is -0.367. The first-order chi connectivity index (χ1) is 8.17. The lowest BCUT2D eigenvalue weighted by atomic mass is 10.2. The van der Waals surface area contributed by atoms with Crippen LogP contribution in [0.2, 0.25) is 0 Å². The molecule has 0 aliphatic heterocycles. The second-order valence-electron chi connectivity index (χ2n) is 3.71. The lowest BCUT2D eigenvalue weighted by Crippen LogP contribution is -2.07. The summed E-state index contributed by atoms with van der Waals surface area (Å²) in [4.78, 5) is 16.4. The first kappa shape index (κ1) is 11.3. The maximum absolute atomic E-state index is 11.4. The highest BCUT2D eigenvalue weighted by Gasteiger charge is 2.12. The third-order valence-electron chi connectivity index (χ3n) is 2.69. The number of methoxy groups -OCH3 is 1. The van der Waals surface area contributed by atoms with Crippen molar-refractivity contribution in [3.8, 4) is 0 Å². The second-order valence-corrected chi connectivity index (χ2v) is 3.71. The fraction of sp³-hybridized carbons (Fsp3) is 0.154. The van der Waals surface area contributed by atoms with Crippen molar-refractivity contribution < 1.29 is 9.53 Å². The van der Waals surface area contributed by atoms with Crippen LogP contribution in [0.25, 0.3) is 10.9 Å². The SMILES string of the molecule is C=CN(C)c1cccc2cc(C(=O)OC)[nH]c12. The van der Waals surface area contributed by atoms with E-state index in [9.17, 15) is 4.79 Å². The number of hydrogen-bond donors (Lipinski definition) is 1. The van der Waals surface area contributed by atoms with Crippen LogP contribution in [0, 0.1) is 0 Å². The number of anilines is 1. The summed E-state index contributed by atoms with van der Waals surface area (Å²) < 4.78 is 4.69. The van der Waals surface area contributed by atoms with Crippen molar-refractivity contribution in [2.45, 2.75) is 0 Å². The van der Waals surface area contributed by atoms with E-state index in [1.165, 1.54) is 7.11 Å². The van der Waals surface area contributed by atoms with E-state index in [2.05, 4.69) is 16.3 Å². The topological polar surface area (TPSA) is 45.3 Å². The van der Waals surface area contributed by atoms with E-state index in [1.807, 2.05) is 30.1 Å². The van der Waals surface area contributed by atoms with Gasteiger partial charge in [0, 0.05) is 12.4 Å². The largest absolute Gasteiger partial charge is 0.464 e. The third kappa shape index (κ3) is 1.89. The van der Waals surface area contributed by atoms with Crippen LogP contribution >= 0.6 is 0 Å². The number of nitrogens with zero attached hydrogens (tertiary/aromatic N) is 1. The molecule has 1 aromatic carbocycles. The summed E-state index contributed by atoms with van der Waals surface area (Å²) in [6.45, 7) is 3.72. The standard InChI is InChI=1S/C13H14N2O2/c1-4-15(2)11-7-5-6-9-8-10(13(16)17-3)14-12(9)11/h4-8,14H,1H2,2-3H3. The van der Waals surface area contributed by atoms with Gasteiger partial charge in [0.15, 0.2) is 0 Å². The number of rotatable bonds is 3. The Morgan fingerprint density at radius 2 is 2.29 bits per heavy atom. The van der Waals surface area contributed by atoms with Crippen LogP contribution in [0.5, 0.6) is 0 Å². The molecule has 0 amide bonds. The van der Waals surface area contributed by atoms with Crippen LogP contribution in [-0.2, 0) is 4.74 Å². The highest BCUT2D eigenvalue weighted by molar-refractivity contribution is 5.99. The molecule has 0 spiro atoms. The molecular formula is C13H14N2O2. The van der Waals surface area contributed by atoms with Crippen LogP contribution in [0.4, 0.5) is 5.69 Å². The van der Waals surface area contributed by atoms with E-state index in [1.54, 1.807) is 12.3 Å². The summed E-state index contributed by atoms with van der Waals surface area (Å²) in [6.07, 6.45) is 1.72. The molecular weight excluding hydrogens is 216 g/mol. The molecule has 0 aliphatic rings. The molecule has 1 heterocycles. The van der Waals surface area contributed by atoms with E-state index >= 15 is 0 Å². The average Bonchev–Trinajstić information content (AvgIpc) is 2.80. The fourth-order valence-corrected chi connectivity index (χ4v) is 1.75. The Balaban J connectivity index is 2.60. The first-order valence-corrected chi connectivity index (χ1v) is 5.23. The number of H-pyrrole nitrogens is 1. The van der Waals surface area contributed by atoms with Crippen molar-refractivity contribution in [3.63, 3.8) is 0 Å². The molecule has 1 aromatic heterocycles. The number of nitrogens with one attached hydrogen (secondary N) is 1. The Bertz CT molecular complexity index is 572. The molecule has 0 saturated heterocycles. The summed E-state index contributed by atoms with van der Waals surface area (Å²) in [5, 5.41) is 0.969. The van der Waals surface area contributed by atoms with Crippen molar-refractivity contribution in [2.75, 3.05) is 19.1 Å². The lowest BCUT2D eigenvalue weighted by Gasteiger charge is -2.14. The minimum Gasteiger partial charge on any atom is -0.464 e. The summed E-state index contributed by atoms with van der Waals surface area (Å²) >= 11 is 0. The molecule has 4 nitrogen and oxygen atoms in total. The first-order valence-electron chi connectivity index (χ1n) is 5.23. The number of ether oxygens (including phenoxy) is 1. The van der Waals surface area contributed by atoms with Crippen molar-refractivity contribution in [3.05, 3.63) is 42.7 Å². The number of benzene rings is 1. The van der Waals surface area contributed by atoms with E-state index < -0.39 is 0 Å². The molecule has 0 atom stereocenters. The molecule has 4 heteroatoms. The second kappa shape index (κ2) is 4.33. The molecule has 1 N–H and O–H groups in total. The highest BCUT2D eigenvalue weighted by atomic mass is 16.5. The monoisotopic (exact) mass is 230 g/mol. The van der Waals surface area contributed by atoms with E-state index in [0.29, 0.717) is 5.69 Å².